The first-order chi connectivity index (χ1) is 13.7. The Labute approximate surface area is 165 Å². The van der Waals surface area contributed by atoms with Gasteiger partial charge in [0.05, 0.1) is 18.4 Å². The first-order valence-electron chi connectivity index (χ1n) is 9.45. The zero-order valence-electron chi connectivity index (χ0n) is 16.0. The van der Waals surface area contributed by atoms with Gasteiger partial charge in [-0.2, -0.15) is 5.10 Å². The quantitative estimate of drug-likeness (QED) is 0.767. The second-order valence-electron chi connectivity index (χ2n) is 6.62. The van der Waals surface area contributed by atoms with Crippen LogP contribution in [0.25, 0.3) is 0 Å². The van der Waals surface area contributed by atoms with Gasteiger partial charge in [-0.1, -0.05) is 60.7 Å². The molecule has 0 bridgehead atoms. The number of carbonyl (C=O) groups is 2. The number of nitrogens with one attached hydrogen (secondary N) is 1. The molecule has 1 atom stereocenters. The molecule has 1 N–H and O–H groups in total. The van der Waals surface area contributed by atoms with Gasteiger partial charge in [0.1, 0.15) is 0 Å². The highest BCUT2D eigenvalue weighted by Crippen LogP contribution is 2.16. The average Bonchev–Trinajstić information content (AvgIpc) is 3.24. The van der Waals surface area contributed by atoms with Crippen LogP contribution in [0.15, 0.2) is 65.8 Å². The number of ether oxygens (including phenoxy) is 1. The summed E-state index contributed by atoms with van der Waals surface area (Å²) >= 11 is 0. The van der Waals surface area contributed by atoms with E-state index in [0.717, 1.165) is 23.3 Å². The minimum atomic E-state index is -0.211. The molecule has 1 heterocycles. The van der Waals surface area contributed by atoms with E-state index in [0.29, 0.717) is 13.1 Å². The highest BCUT2D eigenvalue weighted by molar-refractivity contribution is 6.02. The summed E-state index contributed by atoms with van der Waals surface area (Å²) in [5.74, 6) is -0.301. The summed E-state index contributed by atoms with van der Waals surface area (Å²) in [6.45, 7) is 0.929. The molecule has 2 amide bonds. The molecular weight excluding hydrogens is 354 g/mol. The van der Waals surface area contributed by atoms with Crippen molar-refractivity contribution < 1.29 is 14.3 Å². The minimum absolute atomic E-state index is 0.132. The molecule has 28 heavy (non-hydrogen) atoms. The maximum atomic E-state index is 12.4. The molecular formula is C22H25N3O3. The van der Waals surface area contributed by atoms with Crippen molar-refractivity contribution in [1.29, 1.82) is 0 Å². The third-order valence-electron chi connectivity index (χ3n) is 4.70. The van der Waals surface area contributed by atoms with Gasteiger partial charge in [0.2, 0.25) is 11.8 Å². The summed E-state index contributed by atoms with van der Waals surface area (Å²) in [6, 6.07) is 19.5. The molecule has 0 aliphatic carbocycles. The standard InChI is InChI=1S/C22H25N3O3/c1-28-20(18-10-6-3-7-11-18)16-23-21(26)12-13-22(27)25-15-14-19(24-25)17-8-4-2-5-9-17/h2-11,20H,12-16H2,1H3,(H,23,26). The van der Waals surface area contributed by atoms with Crippen molar-refractivity contribution in [2.45, 2.75) is 25.4 Å². The molecule has 6 nitrogen and oxygen atoms in total. The topological polar surface area (TPSA) is 71.0 Å². The maximum absolute atomic E-state index is 12.4. The number of benzene rings is 2. The van der Waals surface area contributed by atoms with Crippen LogP contribution in [0.4, 0.5) is 0 Å². The second kappa shape index (κ2) is 9.80. The summed E-state index contributed by atoms with van der Waals surface area (Å²) in [5, 5.41) is 8.72. The fraction of sp³-hybridized carbons (Fsp3) is 0.318. The fourth-order valence-corrected chi connectivity index (χ4v) is 3.12. The van der Waals surface area contributed by atoms with Crippen LogP contribution in [0.3, 0.4) is 0 Å². The largest absolute Gasteiger partial charge is 0.375 e. The average molecular weight is 379 g/mol. The van der Waals surface area contributed by atoms with Crippen molar-refractivity contribution in [3.8, 4) is 0 Å². The molecule has 1 unspecified atom stereocenters. The molecule has 0 saturated heterocycles. The van der Waals surface area contributed by atoms with E-state index < -0.39 is 0 Å². The Morgan fingerprint density at radius 3 is 2.43 bits per heavy atom. The maximum Gasteiger partial charge on any atom is 0.243 e. The third kappa shape index (κ3) is 5.27. The van der Waals surface area contributed by atoms with Gasteiger partial charge in [-0.3, -0.25) is 9.59 Å². The van der Waals surface area contributed by atoms with Crippen molar-refractivity contribution in [1.82, 2.24) is 10.3 Å². The van der Waals surface area contributed by atoms with Gasteiger partial charge in [0, 0.05) is 32.9 Å². The van der Waals surface area contributed by atoms with Crippen LogP contribution >= 0.6 is 0 Å². The normalized spacial score (nSPS) is 14.5. The van der Waals surface area contributed by atoms with Crippen LogP contribution in [-0.2, 0) is 14.3 Å². The number of methoxy groups -OCH3 is 1. The molecule has 1 aliphatic heterocycles. The zero-order chi connectivity index (χ0) is 19.8. The minimum Gasteiger partial charge on any atom is -0.375 e. The number of hydrazone groups is 1. The van der Waals surface area contributed by atoms with Gasteiger partial charge in [-0.05, 0) is 11.1 Å². The molecule has 0 aromatic heterocycles. The highest BCUT2D eigenvalue weighted by Gasteiger charge is 2.22. The Bertz CT molecular complexity index is 821. The number of rotatable bonds is 8. The molecule has 146 valence electrons. The predicted octanol–water partition coefficient (Wildman–Crippen LogP) is 2.91. The van der Waals surface area contributed by atoms with Crippen LogP contribution in [0.2, 0.25) is 0 Å². The van der Waals surface area contributed by atoms with Crippen molar-refractivity contribution in [2.75, 3.05) is 20.2 Å². The zero-order valence-corrected chi connectivity index (χ0v) is 16.0. The van der Waals surface area contributed by atoms with E-state index in [1.807, 2.05) is 60.7 Å². The van der Waals surface area contributed by atoms with Crippen LogP contribution in [0, 0.1) is 0 Å². The van der Waals surface area contributed by atoms with Crippen LogP contribution in [0.1, 0.15) is 36.5 Å². The lowest BCUT2D eigenvalue weighted by atomic mass is 10.1. The summed E-state index contributed by atoms with van der Waals surface area (Å²) in [7, 11) is 1.61. The number of hydrogen-bond donors (Lipinski definition) is 1. The van der Waals surface area contributed by atoms with E-state index in [4.69, 9.17) is 4.74 Å². The molecule has 6 heteroatoms. The Hall–Kier alpha value is -2.99. The van der Waals surface area contributed by atoms with Gasteiger partial charge in [0.15, 0.2) is 0 Å². The first kappa shape index (κ1) is 19.8. The summed E-state index contributed by atoms with van der Waals surface area (Å²) < 4.78 is 5.44. The van der Waals surface area contributed by atoms with Crippen LogP contribution < -0.4 is 5.32 Å². The molecule has 2 aromatic rings. The Morgan fingerprint density at radius 2 is 1.75 bits per heavy atom. The van der Waals surface area contributed by atoms with Gasteiger partial charge in [-0.15, -0.1) is 0 Å². The SMILES string of the molecule is COC(CNC(=O)CCC(=O)N1CCC(c2ccccc2)=N1)c1ccccc1. The van der Waals surface area contributed by atoms with Crippen molar-refractivity contribution in [2.24, 2.45) is 5.10 Å². The molecule has 0 fully saturated rings. The van der Waals surface area contributed by atoms with E-state index in [2.05, 4.69) is 10.4 Å². The lowest BCUT2D eigenvalue weighted by molar-refractivity contribution is -0.133. The summed E-state index contributed by atoms with van der Waals surface area (Å²) in [4.78, 5) is 24.5. The monoisotopic (exact) mass is 379 g/mol. The van der Waals surface area contributed by atoms with Crippen molar-refractivity contribution in [3.05, 3.63) is 71.8 Å². The molecule has 0 saturated carbocycles. The number of nitrogens with zero attached hydrogens (tertiary/aromatic N) is 2. The van der Waals surface area contributed by atoms with E-state index in [1.165, 1.54) is 5.01 Å². The first-order valence-corrected chi connectivity index (χ1v) is 9.45. The lowest BCUT2D eigenvalue weighted by Gasteiger charge is -2.16. The van der Waals surface area contributed by atoms with Gasteiger partial charge >= 0.3 is 0 Å². The Balaban J connectivity index is 1.44. The van der Waals surface area contributed by atoms with E-state index in [-0.39, 0.29) is 30.8 Å². The van der Waals surface area contributed by atoms with Gasteiger partial charge in [-0.25, -0.2) is 5.01 Å². The van der Waals surface area contributed by atoms with E-state index >= 15 is 0 Å². The molecule has 1 aliphatic rings. The summed E-state index contributed by atoms with van der Waals surface area (Å²) in [6.07, 6.45) is 0.795. The van der Waals surface area contributed by atoms with Crippen LogP contribution in [-0.4, -0.2) is 42.7 Å². The third-order valence-corrected chi connectivity index (χ3v) is 4.70. The van der Waals surface area contributed by atoms with E-state index in [9.17, 15) is 9.59 Å². The predicted molar refractivity (Wildman–Crippen MR) is 108 cm³/mol. The fourth-order valence-electron chi connectivity index (χ4n) is 3.12. The van der Waals surface area contributed by atoms with Crippen molar-refractivity contribution >= 4 is 17.5 Å². The molecule has 0 radical (unpaired) electrons. The Morgan fingerprint density at radius 1 is 1.07 bits per heavy atom. The van der Waals surface area contributed by atoms with Crippen LogP contribution in [0.5, 0.6) is 0 Å². The number of hydrogen-bond acceptors (Lipinski definition) is 4. The Kier molecular flexibility index (Phi) is 6.92. The lowest BCUT2D eigenvalue weighted by Crippen LogP contribution is -2.31. The van der Waals surface area contributed by atoms with Gasteiger partial charge < -0.3 is 10.1 Å². The number of amides is 2. The molecule has 3 rings (SSSR count). The second-order valence-corrected chi connectivity index (χ2v) is 6.62. The van der Waals surface area contributed by atoms with Crippen molar-refractivity contribution in [3.63, 3.8) is 0 Å². The smallest absolute Gasteiger partial charge is 0.243 e. The van der Waals surface area contributed by atoms with Gasteiger partial charge in [0.25, 0.3) is 0 Å². The molecule has 2 aromatic carbocycles. The highest BCUT2D eigenvalue weighted by atomic mass is 16.5. The summed E-state index contributed by atoms with van der Waals surface area (Å²) in [5.41, 5.74) is 2.94. The molecule has 0 spiro atoms. The van der Waals surface area contributed by atoms with E-state index in [1.54, 1.807) is 7.11 Å². The number of carbonyl (C=O) groups excluding carboxylic acids is 2.